The van der Waals surface area contributed by atoms with Crippen molar-refractivity contribution < 1.29 is 13.9 Å². The van der Waals surface area contributed by atoms with Crippen molar-refractivity contribution in [2.24, 2.45) is 7.05 Å². The first kappa shape index (κ1) is 17.5. The number of rotatable bonds is 5. The predicted octanol–water partition coefficient (Wildman–Crippen LogP) is 3.48. The SMILES string of the molecule is COc1ccccc1[C@H](NC(=O)Nc1ccc(F)cc1)c1nccn1C. The molecule has 3 aromatic rings. The van der Waals surface area contributed by atoms with Crippen LogP contribution in [0, 0.1) is 5.82 Å². The fourth-order valence-corrected chi connectivity index (χ4v) is 2.67. The Kier molecular flexibility index (Phi) is 5.17. The van der Waals surface area contributed by atoms with Gasteiger partial charge < -0.3 is 19.9 Å². The van der Waals surface area contributed by atoms with E-state index in [1.165, 1.54) is 24.3 Å². The Balaban J connectivity index is 1.88. The number of carbonyl (C=O) groups is 1. The number of carbonyl (C=O) groups excluding carboxylic acids is 1. The molecule has 0 saturated carbocycles. The molecule has 0 unspecified atom stereocenters. The maximum absolute atomic E-state index is 13.0. The minimum Gasteiger partial charge on any atom is -0.496 e. The largest absolute Gasteiger partial charge is 0.496 e. The zero-order valence-electron chi connectivity index (χ0n) is 14.4. The number of aryl methyl sites for hydroxylation is 1. The Hall–Kier alpha value is -3.35. The van der Waals surface area contributed by atoms with Gasteiger partial charge in [0, 0.05) is 30.7 Å². The van der Waals surface area contributed by atoms with E-state index < -0.39 is 12.1 Å². The molecule has 0 aliphatic heterocycles. The van der Waals surface area contributed by atoms with Gasteiger partial charge in [-0.05, 0) is 30.3 Å². The van der Waals surface area contributed by atoms with Gasteiger partial charge in [0.05, 0.1) is 7.11 Å². The van der Waals surface area contributed by atoms with Gasteiger partial charge in [0.15, 0.2) is 0 Å². The maximum Gasteiger partial charge on any atom is 0.320 e. The summed E-state index contributed by atoms with van der Waals surface area (Å²) in [5.74, 6) is 0.933. The van der Waals surface area contributed by atoms with Crippen LogP contribution in [0.5, 0.6) is 5.75 Å². The van der Waals surface area contributed by atoms with Gasteiger partial charge in [-0.2, -0.15) is 0 Å². The third-order valence-electron chi connectivity index (χ3n) is 3.94. The number of amides is 2. The molecule has 1 aromatic heterocycles. The summed E-state index contributed by atoms with van der Waals surface area (Å²) in [6.07, 6.45) is 3.47. The molecule has 26 heavy (non-hydrogen) atoms. The van der Waals surface area contributed by atoms with Crippen LogP contribution in [0.1, 0.15) is 17.4 Å². The van der Waals surface area contributed by atoms with E-state index >= 15 is 0 Å². The van der Waals surface area contributed by atoms with Crippen LogP contribution in [-0.4, -0.2) is 22.7 Å². The molecule has 2 amide bonds. The first-order valence-corrected chi connectivity index (χ1v) is 8.01. The molecule has 0 aliphatic rings. The van der Waals surface area contributed by atoms with Gasteiger partial charge in [0.1, 0.15) is 23.4 Å². The van der Waals surface area contributed by atoms with Crippen LogP contribution >= 0.6 is 0 Å². The standard InChI is InChI=1S/C19H19FN4O2/c1-24-12-11-21-18(24)17(15-5-3-4-6-16(15)26-2)23-19(25)22-14-9-7-13(20)8-10-14/h3-12,17H,1-2H3,(H2,22,23,25)/t17-/m0/s1. The Bertz CT molecular complexity index is 893. The summed E-state index contributed by atoms with van der Waals surface area (Å²) in [5, 5.41) is 5.60. The molecule has 3 rings (SSSR count). The van der Waals surface area contributed by atoms with Crippen LogP contribution in [0.15, 0.2) is 60.9 Å². The number of hydrogen-bond donors (Lipinski definition) is 2. The molecular weight excluding hydrogens is 335 g/mol. The van der Waals surface area contributed by atoms with E-state index in [1.54, 1.807) is 19.5 Å². The highest BCUT2D eigenvalue weighted by molar-refractivity contribution is 5.89. The number of imidazole rings is 1. The zero-order valence-corrected chi connectivity index (χ0v) is 14.4. The topological polar surface area (TPSA) is 68.2 Å². The van der Waals surface area contributed by atoms with Gasteiger partial charge in [-0.3, -0.25) is 0 Å². The average Bonchev–Trinajstić information content (AvgIpc) is 3.07. The summed E-state index contributed by atoms with van der Waals surface area (Å²) in [6.45, 7) is 0. The molecule has 0 bridgehead atoms. The van der Waals surface area contributed by atoms with Gasteiger partial charge in [0.25, 0.3) is 0 Å². The molecule has 2 N–H and O–H groups in total. The lowest BCUT2D eigenvalue weighted by molar-refractivity contribution is 0.249. The number of anilines is 1. The molecule has 0 saturated heterocycles. The van der Waals surface area contributed by atoms with Crippen LogP contribution in [0.2, 0.25) is 0 Å². The van der Waals surface area contributed by atoms with Crippen molar-refractivity contribution in [3.63, 3.8) is 0 Å². The highest BCUT2D eigenvalue weighted by Gasteiger charge is 2.23. The molecule has 1 atom stereocenters. The van der Waals surface area contributed by atoms with E-state index in [4.69, 9.17) is 4.74 Å². The molecule has 6 nitrogen and oxygen atoms in total. The Labute approximate surface area is 150 Å². The number of halogens is 1. The van der Waals surface area contributed by atoms with E-state index in [-0.39, 0.29) is 5.82 Å². The van der Waals surface area contributed by atoms with Crippen LogP contribution in [0.25, 0.3) is 0 Å². The summed E-state index contributed by atoms with van der Waals surface area (Å²) in [7, 11) is 3.43. The number of ether oxygens (including phenoxy) is 1. The monoisotopic (exact) mass is 354 g/mol. The lowest BCUT2D eigenvalue weighted by Gasteiger charge is -2.21. The predicted molar refractivity (Wildman–Crippen MR) is 96.6 cm³/mol. The highest BCUT2D eigenvalue weighted by Crippen LogP contribution is 2.29. The number of nitrogens with one attached hydrogen (secondary N) is 2. The second-order valence-electron chi connectivity index (χ2n) is 5.68. The van der Waals surface area contributed by atoms with Crippen molar-refractivity contribution in [2.45, 2.75) is 6.04 Å². The number of urea groups is 1. The second-order valence-corrected chi connectivity index (χ2v) is 5.68. The summed E-state index contributed by atoms with van der Waals surface area (Å²) in [5.41, 5.74) is 1.26. The normalized spacial score (nSPS) is 11.7. The van der Waals surface area contributed by atoms with Gasteiger partial charge in [-0.25, -0.2) is 14.2 Å². The molecule has 2 aromatic carbocycles. The third-order valence-corrected chi connectivity index (χ3v) is 3.94. The van der Waals surface area contributed by atoms with Gasteiger partial charge in [-0.15, -0.1) is 0 Å². The lowest BCUT2D eigenvalue weighted by atomic mass is 10.0. The molecule has 0 radical (unpaired) electrons. The molecule has 0 spiro atoms. The first-order chi connectivity index (χ1) is 12.6. The molecule has 134 valence electrons. The zero-order chi connectivity index (χ0) is 18.5. The minimum absolute atomic E-state index is 0.365. The smallest absolute Gasteiger partial charge is 0.320 e. The molecule has 1 heterocycles. The summed E-state index contributed by atoms with van der Waals surface area (Å²) in [6, 6.07) is 12.0. The van der Waals surface area contributed by atoms with Crippen LogP contribution < -0.4 is 15.4 Å². The number of nitrogens with zero attached hydrogens (tertiary/aromatic N) is 2. The highest BCUT2D eigenvalue weighted by atomic mass is 19.1. The number of benzene rings is 2. The van der Waals surface area contributed by atoms with Gasteiger partial charge >= 0.3 is 6.03 Å². The van der Waals surface area contributed by atoms with E-state index in [9.17, 15) is 9.18 Å². The Morgan fingerprint density at radius 1 is 1.19 bits per heavy atom. The summed E-state index contributed by atoms with van der Waals surface area (Å²) >= 11 is 0. The first-order valence-electron chi connectivity index (χ1n) is 8.01. The van der Waals surface area contributed by atoms with Gasteiger partial charge in [-0.1, -0.05) is 18.2 Å². The number of aromatic nitrogens is 2. The van der Waals surface area contributed by atoms with Crippen molar-refractivity contribution in [1.82, 2.24) is 14.9 Å². The third kappa shape index (κ3) is 3.83. The fourth-order valence-electron chi connectivity index (χ4n) is 2.67. The van der Waals surface area contributed by atoms with E-state index in [0.29, 0.717) is 17.3 Å². The molecule has 7 heteroatoms. The molecule has 0 fully saturated rings. The van der Waals surface area contributed by atoms with Crippen molar-refractivity contribution >= 4 is 11.7 Å². The second kappa shape index (κ2) is 7.69. The van der Waals surface area contributed by atoms with Crippen LogP contribution in [-0.2, 0) is 7.05 Å². The molecular formula is C19H19FN4O2. The fraction of sp³-hybridized carbons (Fsp3) is 0.158. The van der Waals surface area contributed by atoms with Gasteiger partial charge in [0.2, 0.25) is 0 Å². The maximum atomic E-state index is 13.0. The average molecular weight is 354 g/mol. The Morgan fingerprint density at radius 2 is 1.92 bits per heavy atom. The summed E-state index contributed by atoms with van der Waals surface area (Å²) < 4.78 is 20.3. The van der Waals surface area contributed by atoms with E-state index in [1.807, 2.05) is 35.9 Å². The van der Waals surface area contributed by atoms with E-state index in [2.05, 4.69) is 15.6 Å². The lowest BCUT2D eigenvalue weighted by Crippen LogP contribution is -2.34. The Morgan fingerprint density at radius 3 is 2.58 bits per heavy atom. The minimum atomic E-state index is -0.522. The molecule has 0 aliphatic carbocycles. The van der Waals surface area contributed by atoms with E-state index in [0.717, 1.165) is 5.56 Å². The van der Waals surface area contributed by atoms with Crippen molar-refractivity contribution in [3.05, 3.63) is 78.1 Å². The van der Waals surface area contributed by atoms with Crippen molar-refractivity contribution in [1.29, 1.82) is 0 Å². The number of para-hydroxylation sites is 1. The van der Waals surface area contributed by atoms with Crippen LogP contribution in [0.3, 0.4) is 0 Å². The van der Waals surface area contributed by atoms with Crippen molar-refractivity contribution in [2.75, 3.05) is 12.4 Å². The van der Waals surface area contributed by atoms with Crippen LogP contribution in [0.4, 0.5) is 14.9 Å². The van der Waals surface area contributed by atoms with Crippen molar-refractivity contribution in [3.8, 4) is 5.75 Å². The quantitative estimate of drug-likeness (QED) is 0.737. The summed E-state index contributed by atoms with van der Waals surface area (Å²) in [4.78, 5) is 16.8. The number of hydrogen-bond acceptors (Lipinski definition) is 3. The number of methoxy groups -OCH3 is 1.